The molecule has 0 aliphatic heterocycles. The average Bonchev–Trinajstić information content (AvgIpc) is 2.13. The second-order valence-corrected chi connectivity index (χ2v) is 4.15. The summed E-state index contributed by atoms with van der Waals surface area (Å²) in [7, 11) is 0. The van der Waals surface area contributed by atoms with Crippen molar-refractivity contribution in [1.82, 2.24) is 0 Å². The van der Waals surface area contributed by atoms with Crippen LogP contribution in [0.15, 0.2) is 18.2 Å². The molecule has 1 aromatic carbocycles. The van der Waals surface area contributed by atoms with Crippen molar-refractivity contribution in [1.29, 1.82) is 0 Å². The van der Waals surface area contributed by atoms with Crippen molar-refractivity contribution in [3.63, 3.8) is 0 Å². The van der Waals surface area contributed by atoms with E-state index in [-0.39, 0.29) is 18.2 Å². The van der Waals surface area contributed by atoms with Gasteiger partial charge >= 0.3 is 17.5 Å². The molecule has 0 radical (unpaired) electrons. The van der Waals surface area contributed by atoms with Crippen molar-refractivity contribution < 1.29 is 30.7 Å². The van der Waals surface area contributed by atoms with E-state index in [4.69, 9.17) is 11.6 Å². The molecule has 0 fully saturated rings. The van der Waals surface area contributed by atoms with E-state index in [1.54, 1.807) is 0 Å². The molecule has 0 spiro atoms. The molecule has 0 atom stereocenters. The van der Waals surface area contributed by atoms with Gasteiger partial charge < -0.3 is 0 Å². The van der Waals surface area contributed by atoms with E-state index in [1.807, 2.05) is 0 Å². The minimum Gasteiger partial charge on any atom is -0.193 e. The van der Waals surface area contributed by atoms with E-state index in [0.29, 0.717) is 0 Å². The van der Waals surface area contributed by atoms with E-state index in [2.05, 4.69) is 11.6 Å². The molecule has 1 aromatic rings. The monoisotopic (exact) mass is 314 g/mol. The van der Waals surface area contributed by atoms with Crippen LogP contribution in [0.4, 0.5) is 30.7 Å². The lowest BCUT2D eigenvalue weighted by atomic mass is 10.1. The number of rotatable bonds is 2. The number of hydrogen-bond donors (Lipinski definition) is 0. The Morgan fingerprint density at radius 1 is 0.889 bits per heavy atom. The lowest BCUT2D eigenvalue weighted by molar-refractivity contribution is -0.164. The van der Waals surface area contributed by atoms with E-state index >= 15 is 0 Å². The first-order valence-electron chi connectivity index (χ1n) is 4.19. The van der Waals surface area contributed by atoms with Crippen LogP contribution in [0, 0.1) is 0 Å². The summed E-state index contributed by atoms with van der Waals surface area (Å²) in [6, 6.07) is 0.520. The molecule has 0 heterocycles. The van der Waals surface area contributed by atoms with Gasteiger partial charge in [-0.1, -0.05) is 17.7 Å². The number of hydrogen-bond acceptors (Lipinski definition) is 0. The Kier molecular flexibility index (Phi) is 3.80. The average molecular weight is 315 g/mol. The standard InChI is InChI=1S/C9H3Cl2F7/c10-6-3-4(8(14,15)16)1-2-5(6)7(12,13)9(11,17)18/h1-3H. The first-order chi connectivity index (χ1) is 7.87. The molecule has 0 bridgehead atoms. The van der Waals surface area contributed by atoms with Crippen LogP contribution in [0.1, 0.15) is 11.1 Å². The van der Waals surface area contributed by atoms with Gasteiger partial charge in [0, 0.05) is 5.56 Å². The van der Waals surface area contributed by atoms with Gasteiger partial charge in [0.1, 0.15) is 0 Å². The highest BCUT2D eigenvalue weighted by molar-refractivity contribution is 6.31. The Morgan fingerprint density at radius 3 is 1.72 bits per heavy atom. The SMILES string of the molecule is FC(F)(F)c1ccc(C(F)(F)C(F)(F)Cl)c(Cl)c1. The lowest BCUT2D eigenvalue weighted by Gasteiger charge is -2.22. The molecule has 102 valence electrons. The van der Waals surface area contributed by atoms with Gasteiger partial charge in [-0.05, 0) is 23.7 Å². The van der Waals surface area contributed by atoms with Crippen molar-refractivity contribution in [2.24, 2.45) is 0 Å². The van der Waals surface area contributed by atoms with Gasteiger partial charge in [-0.25, -0.2) is 0 Å². The second kappa shape index (κ2) is 4.45. The predicted molar refractivity (Wildman–Crippen MR) is 51.1 cm³/mol. The topological polar surface area (TPSA) is 0 Å². The van der Waals surface area contributed by atoms with Gasteiger partial charge in [0.2, 0.25) is 0 Å². The first kappa shape index (κ1) is 15.4. The van der Waals surface area contributed by atoms with Crippen LogP contribution in [0.25, 0.3) is 0 Å². The number of alkyl halides is 8. The highest BCUT2D eigenvalue weighted by atomic mass is 35.5. The van der Waals surface area contributed by atoms with Crippen molar-refractivity contribution in [2.45, 2.75) is 17.5 Å². The van der Waals surface area contributed by atoms with Crippen LogP contribution in [-0.2, 0) is 12.1 Å². The third kappa shape index (κ3) is 2.83. The molecule has 9 heteroatoms. The van der Waals surface area contributed by atoms with Crippen LogP contribution in [0.5, 0.6) is 0 Å². The van der Waals surface area contributed by atoms with Gasteiger partial charge in [-0.2, -0.15) is 30.7 Å². The van der Waals surface area contributed by atoms with Crippen LogP contribution in [-0.4, -0.2) is 5.38 Å². The lowest BCUT2D eigenvalue weighted by Crippen LogP contribution is -2.33. The largest absolute Gasteiger partial charge is 0.416 e. The highest BCUT2D eigenvalue weighted by Crippen LogP contribution is 2.48. The number of halogens is 9. The van der Waals surface area contributed by atoms with Crippen LogP contribution in [0.2, 0.25) is 5.02 Å². The summed E-state index contributed by atoms with van der Waals surface area (Å²) in [5.41, 5.74) is -2.80. The van der Waals surface area contributed by atoms with Crippen molar-refractivity contribution in [2.75, 3.05) is 0 Å². The maximum absolute atomic E-state index is 13.1. The Morgan fingerprint density at radius 2 is 1.39 bits per heavy atom. The molecular weight excluding hydrogens is 312 g/mol. The summed E-state index contributed by atoms with van der Waals surface area (Å²) in [5, 5.41) is -6.11. The fourth-order valence-electron chi connectivity index (χ4n) is 1.10. The zero-order valence-corrected chi connectivity index (χ0v) is 9.65. The summed E-state index contributed by atoms with van der Waals surface area (Å²) < 4.78 is 87.7. The molecule has 0 N–H and O–H groups in total. The molecule has 1 rings (SSSR count). The van der Waals surface area contributed by atoms with E-state index in [0.717, 1.165) is 0 Å². The van der Waals surface area contributed by atoms with Crippen LogP contribution >= 0.6 is 23.2 Å². The van der Waals surface area contributed by atoms with E-state index < -0.39 is 33.6 Å². The molecule has 0 saturated carbocycles. The minimum atomic E-state index is -4.96. The summed E-state index contributed by atoms with van der Waals surface area (Å²) >= 11 is 9.35. The van der Waals surface area contributed by atoms with Gasteiger partial charge in [-0.3, -0.25) is 0 Å². The maximum Gasteiger partial charge on any atom is 0.416 e. The van der Waals surface area contributed by atoms with Gasteiger partial charge in [-0.15, -0.1) is 0 Å². The summed E-state index contributed by atoms with van der Waals surface area (Å²) in [6.45, 7) is 0. The van der Waals surface area contributed by atoms with Crippen molar-refractivity contribution >= 4 is 23.2 Å². The highest BCUT2D eigenvalue weighted by Gasteiger charge is 2.57. The smallest absolute Gasteiger partial charge is 0.193 e. The van der Waals surface area contributed by atoms with E-state index in [9.17, 15) is 30.7 Å². The normalized spacial score (nSPS) is 13.8. The Balaban J connectivity index is 3.31. The zero-order valence-electron chi connectivity index (χ0n) is 8.13. The van der Waals surface area contributed by atoms with Gasteiger partial charge in [0.05, 0.1) is 10.6 Å². The summed E-state index contributed by atoms with van der Waals surface area (Å²) in [5.74, 6) is -4.88. The molecule has 0 aliphatic carbocycles. The predicted octanol–water partition coefficient (Wildman–Crippen LogP) is 5.28. The van der Waals surface area contributed by atoms with Crippen molar-refractivity contribution in [3.8, 4) is 0 Å². The Labute approximate surface area is 106 Å². The quantitative estimate of drug-likeness (QED) is 0.514. The van der Waals surface area contributed by atoms with Gasteiger partial charge in [0.15, 0.2) is 0 Å². The van der Waals surface area contributed by atoms with Crippen LogP contribution in [0.3, 0.4) is 0 Å². The van der Waals surface area contributed by atoms with Crippen molar-refractivity contribution in [3.05, 3.63) is 34.3 Å². The summed E-state index contributed by atoms with van der Waals surface area (Å²) in [4.78, 5) is 0. The minimum absolute atomic E-state index is 0.132. The Hall–Kier alpha value is -0.690. The summed E-state index contributed by atoms with van der Waals surface area (Å²) in [6.07, 6.45) is -4.82. The van der Waals surface area contributed by atoms with E-state index in [1.165, 1.54) is 0 Å². The molecule has 0 aliphatic rings. The van der Waals surface area contributed by atoms with Gasteiger partial charge in [0.25, 0.3) is 0 Å². The Bertz CT molecular complexity index is 447. The molecule has 0 aromatic heterocycles. The molecule has 0 nitrogen and oxygen atoms in total. The molecule has 0 amide bonds. The zero-order chi connectivity index (χ0) is 14.4. The number of benzene rings is 1. The molecule has 18 heavy (non-hydrogen) atoms. The molecule has 0 unspecified atom stereocenters. The third-order valence-electron chi connectivity index (χ3n) is 1.99. The maximum atomic E-state index is 13.1. The second-order valence-electron chi connectivity index (χ2n) is 3.26. The van der Waals surface area contributed by atoms with Crippen LogP contribution < -0.4 is 0 Å². The first-order valence-corrected chi connectivity index (χ1v) is 4.94. The third-order valence-corrected chi connectivity index (χ3v) is 2.54. The fraction of sp³-hybridized carbons (Fsp3) is 0.333. The molecule has 0 saturated heterocycles. The fourth-order valence-corrected chi connectivity index (χ4v) is 1.50. The molecular formula is C9H3Cl2F7.